The molecule has 2 atom stereocenters. The summed E-state index contributed by atoms with van der Waals surface area (Å²) in [5.74, 6) is 1.09. The molecule has 2 unspecified atom stereocenters. The van der Waals surface area contributed by atoms with Crippen molar-refractivity contribution < 1.29 is 0 Å². The summed E-state index contributed by atoms with van der Waals surface area (Å²) >= 11 is 5.45. The Balaban J connectivity index is 2.16. The van der Waals surface area contributed by atoms with Gasteiger partial charge in [0, 0.05) is 21.5 Å². The quantitative estimate of drug-likeness (QED) is 0.838. The van der Waals surface area contributed by atoms with Crippen molar-refractivity contribution in [2.75, 3.05) is 5.75 Å². The molecule has 70 valence electrons. The van der Waals surface area contributed by atoms with Crippen molar-refractivity contribution in [3.63, 3.8) is 0 Å². The smallest absolute Gasteiger partial charge is 0.0313 e. The molecule has 1 aliphatic heterocycles. The molecular formula is C10H12BrNS. The molecule has 0 bridgehead atoms. The molecule has 0 aliphatic carbocycles. The molecule has 1 fully saturated rings. The third-order valence-corrected chi connectivity index (χ3v) is 4.23. The van der Waals surface area contributed by atoms with Gasteiger partial charge in [0.25, 0.3) is 0 Å². The summed E-state index contributed by atoms with van der Waals surface area (Å²) in [6.07, 6.45) is 1.11. The summed E-state index contributed by atoms with van der Waals surface area (Å²) in [5, 5.41) is 0.604. The number of hydrogen-bond donors (Lipinski definition) is 1. The summed E-state index contributed by atoms with van der Waals surface area (Å²) in [4.78, 5) is 0. The van der Waals surface area contributed by atoms with Gasteiger partial charge in [-0.1, -0.05) is 28.1 Å². The summed E-state index contributed by atoms with van der Waals surface area (Å²) in [5.41, 5.74) is 7.26. The first-order chi connectivity index (χ1) is 6.25. The molecule has 1 aromatic rings. The van der Waals surface area contributed by atoms with Crippen LogP contribution in [0.4, 0.5) is 0 Å². The summed E-state index contributed by atoms with van der Waals surface area (Å²) in [6.45, 7) is 0. The van der Waals surface area contributed by atoms with Crippen molar-refractivity contribution in [2.45, 2.75) is 17.7 Å². The topological polar surface area (TPSA) is 26.0 Å². The molecule has 1 saturated heterocycles. The van der Waals surface area contributed by atoms with Gasteiger partial charge in [0.2, 0.25) is 0 Å². The lowest BCUT2D eigenvalue weighted by Gasteiger charge is -2.08. The molecule has 0 amide bonds. The van der Waals surface area contributed by atoms with Crippen LogP contribution in [0, 0.1) is 0 Å². The van der Waals surface area contributed by atoms with Gasteiger partial charge >= 0.3 is 0 Å². The molecule has 3 heteroatoms. The van der Waals surface area contributed by atoms with Crippen LogP contribution in [-0.4, -0.2) is 11.8 Å². The Kier molecular flexibility index (Phi) is 2.96. The molecule has 0 saturated carbocycles. The van der Waals surface area contributed by atoms with Crippen molar-refractivity contribution >= 4 is 27.7 Å². The highest BCUT2D eigenvalue weighted by Gasteiger charge is 2.23. The number of halogens is 1. The minimum absolute atomic E-state index is 0.383. The molecule has 0 spiro atoms. The summed E-state index contributed by atoms with van der Waals surface area (Å²) < 4.78 is 1.16. The first-order valence-corrected chi connectivity index (χ1v) is 6.22. The van der Waals surface area contributed by atoms with Crippen LogP contribution in [0.25, 0.3) is 0 Å². The van der Waals surface area contributed by atoms with Gasteiger partial charge in [0.05, 0.1) is 0 Å². The van der Waals surface area contributed by atoms with Gasteiger partial charge in [0.15, 0.2) is 0 Å². The van der Waals surface area contributed by atoms with Crippen molar-refractivity contribution in [1.82, 2.24) is 0 Å². The second-order valence-electron chi connectivity index (χ2n) is 3.37. The Labute approximate surface area is 91.2 Å². The van der Waals surface area contributed by atoms with E-state index in [-0.39, 0.29) is 0 Å². The van der Waals surface area contributed by atoms with Gasteiger partial charge in [-0.15, -0.1) is 0 Å². The zero-order chi connectivity index (χ0) is 9.26. The zero-order valence-corrected chi connectivity index (χ0v) is 9.64. The van der Waals surface area contributed by atoms with E-state index < -0.39 is 0 Å². The van der Waals surface area contributed by atoms with Gasteiger partial charge in [-0.05, 0) is 24.1 Å². The number of benzene rings is 1. The van der Waals surface area contributed by atoms with E-state index in [2.05, 4.69) is 40.2 Å². The van der Waals surface area contributed by atoms with Crippen molar-refractivity contribution in [2.24, 2.45) is 5.73 Å². The van der Waals surface area contributed by atoms with E-state index >= 15 is 0 Å². The lowest BCUT2D eigenvalue weighted by atomic mass is 10.1. The lowest BCUT2D eigenvalue weighted by molar-refractivity contribution is 0.700. The molecule has 1 nitrogen and oxygen atoms in total. The van der Waals surface area contributed by atoms with Gasteiger partial charge in [-0.2, -0.15) is 11.8 Å². The molecule has 1 heterocycles. The third kappa shape index (κ3) is 2.27. The predicted molar refractivity (Wildman–Crippen MR) is 61.9 cm³/mol. The van der Waals surface area contributed by atoms with Gasteiger partial charge in [-0.3, -0.25) is 0 Å². The van der Waals surface area contributed by atoms with Crippen LogP contribution >= 0.6 is 27.7 Å². The first-order valence-electron chi connectivity index (χ1n) is 4.38. The van der Waals surface area contributed by atoms with Crippen LogP contribution in [0.3, 0.4) is 0 Å². The maximum atomic E-state index is 5.87. The lowest BCUT2D eigenvalue weighted by Crippen LogP contribution is -2.17. The number of thioether (sulfide) groups is 1. The third-order valence-electron chi connectivity index (χ3n) is 2.25. The van der Waals surface area contributed by atoms with Crippen molar-refractivity contribution in [1.29, 1.82) is 0 Å². The average Bonchev–Trinajstić information content (AvgIpc) is 2.52. The normalized spacial score (nSPS) is 27.8. The molecule has 0 radical (unpaired) electrons. The summed E-state index contributed by atoms with van der Waals surface area (Å²) in [6, 6.07) is 8.90. The Hall–Kier alpha value is 0.01000. The largest absolute Gasteiger partial charge is 0.327 e. The van der Waals surface area contributed by atoms with E-state index in [1.807, 2.05) is 11.8 Å². The average molecular weight is 258 g/mol. The highest BCUT2D eigenvalue weighted by atomic mass is 79.9. The maximum absolute atomic E-state index is 5.87. The first kappa shape index (κ1) is 9.56. The van der Waals surface area contributed by atoms with Crippen LogP contribution in [0.2, 0.25) is 0 Å². The molecule has 2 N–H and O–H groups in total. The molecule has 2 rings (SSSR count). The van der Waals surface area contributed by atoms with E-state index in [4.69, 9.17) is 5.73 Å². The van der Waals surface area contributed by atoms with Crippen LogP contribution in [-0.2, 0) is 0 Å². The molecule has 1 aliphatic rings. The Bertz CT molecular complexity index is 303. The Morgan fingerprint density at radius 3 is 2.92 bits per heavy atom. The minimum atomic E-state index is 0.383. The van der Waals surface area contributed by atoms with Gasteiger partial charge in [0.1, 0.15) is 0 Å². The van der Waals surface area contributed by atoms with Crippen LogP contribution in [0.5, 0.6) is 0 Å². The predicted octanol–water partition coefficient (Wildman–Crippen LogP) is 2.95. The van der Waals surface area contributed by atoms with Crippen molar-refractivity contribution in [3.05, 3.63) is 34.3 Å². The summed E-state index contributed by atoms with van der Waals surface area (Å²) in [7, 11) is 0. The van der Waals surface area contributed by atoms with Gasteiger partial charge < -0.3 is 5.73 Å². The SMILES string of the molecule is NC1CSC(c2cccc(Br)c2)C1. The zero-order valence-electron chi connectivity index (χ0n) is 7.24. The second kappa shape index (κ2) is 4.03. The van der Waals surface area contributed by atoms with E-state index in [9.17, 15) is 0 Å². The minimum Gasteiger partial charge on any atom is -0.327 e. The van der Waals surface area contributed by atoms with Gasteiger partial charge in [-0.25, -0.2) is 0 Å². The number of nitrogens with two attached hydrogens (primary N) is 1. The fourth-order valence-electron chi connectivity index (χ4n) is 1.59. The molecule has 0 aromatic heterocycles. The van der Waals surface area contributed by atoms with E-state index in [1.54, 1.807) is 0 Å². The highest BCUT2D eigenvalue weighted by molar-refractivity contribution is 9.10. The standard InChI is InChI=1S/C10H12BrNS/c11-8-3-1-2-7(4-8)10-5-9(12)6-13-10/h1-4,9-10H,5-6,12H2. The van der Waals surface area contributed by atoms with Crippen molar-refractivity contribution in [3.8, 4) is 0 Å². The van der Waals surface area contributed by atoms with E-state index in [1.165, 1.54) is 5.56 Å². The fraction of sp³-hybridized carbons (Fsp3) is 0.400. The van der Waals surface area contributed by atoms with E-state index in [0.717, 1.165) is 16.6 Å². The number of rotatable bonds is 1. The van der Waals surface area contributed by atoms with E-state index in [0.29, 0.717) is 11.3 Å². The molecule has 1 aromatic carbocycles. The monoisotopic (exact) mass is 257 g/mol. The van der Waals surface area contributed by atoms with Crippen LogP contribution in [0.15, 0.2) is 28.7 Å². The second-order valence-corrected chi connectivity index (χ2v) is 5.52. The Morgan fingerprint density at radius 1 is 1.46 bits per heavy atom. The number of hydrogen-bond acceptors (Lipinski definition) is 2. The molecular weight excluding hydrogens is 246 g/mol. The fourth-order valence-corrected chi connectivity index (χ4v) is 3.34. The molecule has 13 heavy (non-hydrogen) atoms. The maximum Gasteiger partial charge on any atom is 0.0313 e. The Morgan fingerprint density at radius 2 is 2.31 bits per heavy atom. The highest BCUT2D eigenvalue weighted by Crippen LogP contribution is 2.39. The van der Waals surface area contributed by atoms with Crippen LogP contribution < -0.4 is 5.73 Å². The van der Waals surface area contributed by atoms with Crippen LogP contribution in [0.1, 0.15) is 17.2 Å².